The van der Waals surface area contributed by atoms with Crippen molar-refractivity contribution in [3.8, 4) is 44.5 Å². The maximum Gasteiger partial charge on any atom is 0.135 e. The Morgan fingerprint density at radius 3 is 1.12 bits per heavy atom. The Morgan fingerprint density at radius 2 is 0.702 bits per heavy atom. The predicted octanol–water partition coefficient (Wildman–Crippen LogP) is 15.8. The number of fused-ring (bicyclic) bond motifs is 9. The molecule has 0 atom stereocenters. The van der Waals surface area contributed by atoms with E-state index in [4.69, 9.17) is 13.3 Å². The summed E-state index contributed by atoms with van der Waals surface area (Å²) >= 11 is 0. The SMILES string of the molecule is C=C/C=C\C(=C)c1ccc2oc3ccc(-c4cccc(-c5ccc6oc7ccc(-c8ccc9oc%10ccc(-c%11ccccc%11)cc%10c9c8)cc7c6c5)c4)cc3c2c1. The van der Waals surface area contributed by atoms with E-state index in [2.05, 4.69) is 165 Å². The lowest BCUT2D eigenvalue weighted by Gasteiger charge is -2.07. The van der Waals surface area contributed by atoms with Crippen molar-refractivity contribution in [2.75, 3.05) is 0 Å². The summed E-state index contributed by atoms with van der Waals surface area (Å²) in [5.74, 6) is 0. The highest BCUT2D eigenvalue weighted by Gasteiger charge is 2.15. The van der Waals surface area contributed by atoms with Gasteiger partial charge >= 0.3 is 0 Å². The molecule has 11 rings (SSSR count). The summed E-state index contributed by atoms with van der Waals surface area (Å²) < 4.78 is 18.9. The molecule has 0 saturated carbocycles. The molecule has 0 aliphatic carbocycles. The first-order valence-electron chi connectivity index (χ1n) is 19.1. The summed E-state index contributed by atoms with van der Waals surface area (Å²) in [7, 11) is 0. The summed E-state index contributed by atoms with van der Waals surface area (Å²) in [4.78, 5) is 0. The number of hydrogen-bond donors (Lipinski definition) is 0. The normalized spacial score (nSPS) is 11.9. The Labute approximate surface area is 328 Å². The first-order chi connectivity index (χ1) is 28.1. The van der Waals surface area contributed by atoms with Gasteiger partial charge < -0.3 is 13.3 Å². The van der Waals surface area contributed by atoms with Crippen molar-refractivity contribution in [1.29, 1.82) is 0 Å². The van der Waals surface area contributed by atoms with E-state index in [9.17, 15) is 0 Å². The van der Waals surface area contributed by atoms with Gasteiger partial charge in [-0.1, -0.05) is 116 Å². The lowest BCUT2D eigenvalue weighted by Crippen LogP contribution is -1.82. The fraction of sp³-hybridized carbons (Fsp3) is 0. The van der Waals surface area contributed by atoms with Gasteiger partial charge in [-0.2, -0.15) is 0 Å². The van der Waals surface area contributed by atoms with E-state index >= 15 is 0 Å². The van der Waals surface area contributed by atoms with E-state index < -0.39 is 0 Å². The molecule has 268 valence electrons. The second-order valence-corrected chi connectivity index (χ2v) is 14.6. The van der Waals surface area contributed by atoms with Gasteiger partial charge in [0.2, 0.25) is 0 Å². The maximum absolute atomic E-state index is 6.37. The van der Waals surface area contributed by atoms with Crippen LogP contribution < -0.4 is 0 Å². The molecular formula is C54H34O3. The zero-order chi connectivity index (χ0) is 38.0. The molecule has 3 nitrogen and oxygen atoms in total. The molecular weight excluding hydrogens is 697 g/mol. The van der Waals surface area contributed by atoms with Gasteiger partial charge in [-0.05, 0) is 135 Å². The molecule has 0 aliphatic rings. The lowest BCUT2D eigenvalue weighted by atomic mass is 9.96. The van der Waals surface area contributed by atoms with Gasteiger partial charge in [0.25, 0.3) is 0 Å². The molecule has 8 aromatic carbocycles. The number of furan rings is 3. The van der Waals surface area contributed by atoms with Crippen LogP contribution in [0.2, 0.25) is 0 Å². The van der Waals surface area contributed by atoms with Crippen LogP contribution in [0.1, 0.15) is 5.56 Å². The third-order valence-electron chi connectivity index (χ3n) is 11.2. The Bertz CT molecular complexity index is 3440. The van der Waals surface area contributed by atoms with Gasteiger partial charge in [-0.3, -0.25) is 0 Å². The van der Waals surface area contributed by atoms with E-state index in [-0.39, 0.29) is 0 Å². The van der Waals surface area contributed by atoms with Crippen molar-refractivity contribution >= 4 is 71.4 Å². The third kappa shape index (κ3) is 5.60. The van der Waals surface area contributed by atoms with Crippen LogP contribution in [0.3, 0.4) is 0 Å². The molecule has 0 bridgehead atoms. The first kappa shape index (κ1) is 32.8. The topological polar surface area (TPSA) is 39.4 Å². The minimum absolute atomic E-state index is 0.858. The maximum atomic E-state index is 6.37. The smallest absolute Gasteiger partial charge is 0.135 e. The molecule has 0 unspecified atom stereocenters. The lowest BCUT2D eigenvalue weighted by molar-refractivity contribution is 0.668. The van der Waals surface area contributed by atoms with Gasteiger partial charge in [0.15, 0.2) is 0 Å². The van der Waals surface area contributed by atoms with E-state index in [1.165, 1.54) is 11.1 Å². The molecule has 0 fully saturated rings. The predicted molar refractivity (Wildman–Crippen MR) is 238 cm³/mol. The highest BCUT2D eigenvalue weighted by Crippen LogP contribution is 2.40. The van der Waals surface area contributed by atoms with Gasteiger partial charge in [0.05, 0.1) is 0 Å². The first-order valence-corrected chi connectivity index (χ1v) is 19.1. The second kappa shape index (κ2) is 13.0. The number of rotatable bonds is 7. The molecule has 0 saturated heterocycles. The fourth-order valence-corrected chi connectivity index (χ4v) is 8.22. The van der Waals surface area contributed by atoms with Crippen molar-refractivity contribution in [3.05, 3.63) is 201 Å². The van der Waals surface area contributed by atoms with Gasteiger partial charge in [-0.15, -0.1) is 0 Å². The molecule has 0 radical (unpaired) electrons. The van der Waals surface area contributed by atoms with Crippen molar-refractivity contribution in [1.82, 2.24) is 0 Å². The zero-order valence-corrected chi connectivity index (χ0v) is 31.0. The second-order valence-electron chi connectivity index (χ2n) is 14.6. The van der Waals surface area contributed by atoms with Gasteiger partial charge in [-0.25, -0.2) is 0 Å². The monoisotopic (exact) mass is 730 g/mol. The summed E-state index contributed by atoms with van der Waals surface area (Å²) in [6.45, 7) is 8.02. The Kier molecular flexibility index (Phi) is 7.48. The average molecular weight is 731 g/mol. The quantitative estimate of drug-likeness (QED) is 0.153. The van der Waals surface area contributed by atoms with Gasteiger partial charge in [0.1, 0.15) is 33.5 Å². The molecule has 3 heteroatoms. The number of benzene rings is 8. The van der Waals surface area contributed by atoms with Gasteiger partial charge in [0, 0.05) is 32.3 Å². The molecule has 0 spiro atoms. The summed E-state index contributed by atoms with van der Waals surface area (Å²) in [6, 6.07) is 57.8. The van der Waals surface area contributed by atoms with E-state index in [1.54, 1.807) is 6.08 Å². The van der Waals surface area contributed by atoms with Crippen LogP contribution in [0.15, 0.2) is 208 Å². The van der Waals surface area contributed by atoms with Crippen LogP contribution in [0.4, 0.5) is 0 Å². The molecule has 0 aliphatic heterocycles. The van der Waals surface area contributed by atoms with E-state index in [0.29, 0.717) is 0 Å². The number of hydrogen-bond acceptors (Lipinski definition) is 3. The fourth-order valence-electron chi connectivity index (χ4n) is 8.22. The largest absolute Gasteiger partial charge is 0.456 e. The van der Waals surface area contributed by atoms with Crippen molar-refractivity contribution in [3.63, 3.8) is 0 Å². The van der Waals surface area contributed by atoms with Crippen LogP contribution in [-0.2, 0) is 0 Å². The van der Waals surface area contributed by atoms with Crippen LogP contribution in [0.25, 0.3) is 116 Å². The van der Waals surface area contributed by atoms with E-state index in [0.717, 1.165) is 110 Å². The number of allylic oxidation sites excluding steroid dienone is 4. The Morgan fingerprint density at radius 1 is 0.351 bits per heavy atom. The molecule has 11 aromatic rings. The highest BCUT2D eigenvalue weighted by molar-refractivity contribution is 6.10. The molecule has 0 N–H and O–H groups in total. The van der Waals surface area contributed by atoms with Crippen LogP contribution >= 0.6 is 0 Å². The zero-order valence-electron chi connectivity index (χ0n) is 31.0. The summed E-state index contributed by atoms with van der Waals surface area (Å²) in [6.07, 6.45) is 5.64. The molecule has 3 aromatic heterocycles. The van der Waals surface area contributed by atoms with Crippen LogP contribution in [0.5, 0.6) is 0 Å². The Balaban J connectivity index is 0.955. The average Bonchev–Trinajstić information content (AvgIpc) is 3.95. The molecule has 3 heterocycles. The van der Waals surface area contributed by atoms with Crippen molar-refractivity contribution < 1.29 is 13.3 Å². The third-order valence-corrected chi connectivity index (χ3v) is 11.2. The van der Waals surface area contributed by atoms with Crippen molar-refractivity contribution in [2.45, 2.75) is 0 Å². The van der Waals surface area contributed by atoms with Crippen molar-refractivity contribution in [2.24, 2.45) is 0 Å². The van der Waals surface area contributed by atoms with Crippen LogP contribution in [0, 0.1) is 0 Å². The summed E-state index contributed by atoms with van der Waals surface area (Å²) in [5, 5.41) is 6.54. The highest BCUT2D eigenvalue weighted by atomic mass is 16.3. The Hall–Kier alpha value is -7.62. The minimum Gasteiger partial charge on any atom is -0.456 e. The van der Waals surface area contributed by atoms with Crippen LogP contribution in [-0.4, -0.2) is 0 Å². The molecule has 0 amide bonds. The summed E-state index contributed by atoms with van der Waals surface area (Å²) in [5.41, 5.74) is 16.3. The van der Waals surface area contributed by atoms with E-state index in [1.807, 2.05) is 24.3 Å². The molecule has 57 heavy (non-hydrogen) atoms. The minimum atomic E-state index is 0.858. The standard InChI is InChI=1S/C54H34O3/c1-3-4-9-33(2)35-14-20-49-43(27-35)45-29-39(16-22-51(45)55-49)36-12-8-13-37(26-36)40-17-23-52-46(30-40)48-32-42(19-25-54(48)57-52)41-18-24-53-47(31-41)44-28-38(15-21-50(44)56-53)34-10-6-5-7-11-34/h3-32H,1-2H2/b9-4-.